The van der Waals surface area contributed by atoms with Gasteiger partial charge in [-0.25, -0.2) is 0 Å². The van der Waals surface area contributed by atoms with E-state index >= 15 is 0 Å². The minimum Gasteiger partial charge on any atom is -0.392 e. The summed E-state index contributed by atoms with van der Waals surface area (Å²) in [5.74, 6) is -0.159. The smallest absolute Gasteiger partial charge is 0.0683 e. The molecule has 0 spiro atoms. The Bertz CT molecular complexity index is 1870. The molecule has 0 saturated carbocycles. The maximum absolute atomic E-state index is 11.6. The highest BCUT2D eigenvalue weighted by molar-refractivity contribution is 5.76. The van der Waals surface area contributed by atoms with E-state index in [0.717, 1.165) is 29.5 Å². The van der Waals surface area contributed by atoms with Crippen molar-refractivity contribution in [3.8, 4) is 11.1 Å². The molecule has 5 aromatic rings. The van der Waals surface area contributed by atoms with Crippen LogP contribution in [0, 0.1) is 6.92 Å². The summed E-state index contributed by atoms with van der Waals surface area (Å²) in [6.07, 6.45) is 16.0. The summed E-state index contributed by atoms with van der Waals surface area (Å²) < 4.78 is 0. The molecule has 0 saturated heterocycles. The van der Waals surface area contributed by atoms with Crippen LogP contribution in [0.2, 0.25) is 0 Å². The van der Waals surface area contributed by atoms with Gasteiger partial charge in [0.1, 0.15) is 0 Å². The molecule has 2 unspecified atom stereocenters. The molecule has 0 aliphatic rings. The average Bonchev–Trinajstić information content (AvgIpc) is 3.12. The van der Waals surface area contributed by atoms with E-state index in [1.54, 1.807) is 6.08 Å². The second kappa shape index (κ2) is 17.6. The summed E-state index contributed by atoms with van der Waals surface area (Å²) in [4.78, 5) is 0. The van der Waals surface area contributed by atoms with Gasteiger partial charge >= 0.3 is 0 Å². The molecule has 240 valence electrons. The second-order valence-electron chi connectivity index (χ2n) is 12.3. The van der Waals surface area contributed by atoms with E-state index in [2.05, 4.69) is 160 Å². The molecule has 1 nitrogen and oxygen atoms in total. The Hall–Kier alpha value is -5.24. The molecule has 2 atom stereocenters. The number of aryl methyl sites for hydroxylation is 1. The van der Waals surface area contributed by atoms with Gasteiger partial charge in [0.2, 0.25) is 0 Å². The lowest BCUT2D eigenvalue weighted by Crippen LogP contribution is -2.19. The third-order valence-electron chi connectivity index (χ3n) is 8.73. The van der Waals surface area contributed by atoms with Crippen molar-refractivity contribution in [3.05, 3.63) is 216 Å². The summed E-state index contributed by atoms with van der Waals surface area (Å²) in [6.45, 7) is 8.07. The van der Waals surface area contributed by atoms with E-state index < -0.39 is 6.10 Å². The second-order valence-corrected chi connectivity index (χ2v) is 12.3. The Labute approximate surface area is 287 Å². The highest BCUT2D eigenvalue weighted by atomic mass is 16.3. The summed E-state index contributed by atoms with van der Waals surface area (Å²) >= 11 is 0. The molecule has 1 heteroatoms. The Kier molecular flexibility index (Phi) is 12.5. The maximum Gasteiger partial charge on any atom is 0.0683 e. The Morgan fingerprint density at radius 1 is 0.667 bits per heavy atom. The van der Waals surface area contributed by atoms with Crippen LogP contribution in [-0.4, -0.2) is 11.2 Å². The van der Waals surface area contributed by atoms with Crippen molar-refractivity contribution in [2.75, 3.05) is 0 Å². The van der Waals surface area contributed by atoms with Gasteiger partial charge in [-0.3, -0.25) is 0 Å². The predicted molar refractivity (Wildman–Crippen MR) is 207 cm³/mol. The highest BCUT2D eigenvalue weighted by Gasteiger charge is 2.23. The zero-order valence-electron chi connectivity index (χ0n) is 28.2. The average molecular weight is 627 g/mol. The third kappa shape index (κ3) is 9.64. The molecular weight excluding hydrogens is 581 g/mol. The van der Waals surface area contributed by atoms with Crippen LogP contribution in [0.15, 0.2) is 183 Å². The van der Waals surface area contributed by atoms with Crippen LogP contribution in [0.5, 0.6) is 0 Å². The number of rotatable bonds is 14. The van der Waals surface area contributed by atoms with Crippen LogP contribution >= 0.6 is 0 Å². The fraction of sp³-hybridized carbons (Fsp3) is 0.149. The lowest BCUT2D eigenvalue weighted by atomic mass is 9.83. The zero-order valence-corrected chi connectivity index (χ0v) is 28.2. The van der Waals surface area contributed by atoms with Crippen LogP contribution in [0.25, 0.3) is 22.3 Å². The minimum absolute atomic E-state index is 0.159. The largest absolute Gasteiger partial charge is 0.392 e. The molecule has 0 aliphatic carbocycles. The quantitative estimate of drug-likeness (QED) is 0.122. The molecule has 5 aromatic carbocycles. The van der Waals surface area contributed by atoms with Crippen LogP contribution in [0.4, 0.5) is 0 Å². The number of hydrogen-bond acceptors (Lipinski definition) is 1. The Morgan fingerprint density at radius 2 is 1.35 bits per heavy atom. The van der Waals surface area contributed by atoms with Crippen molar-refractivity contribution in [2.45, 2.75) is 45.1 Å². The first-order valence-electron chi connectivity index (χ1n) is 16.9. The van der Waals surface area contributed by atoms with Gasteiger partial charge < -0.3 is 5.11 Å². The van der Waals surface area contributed by atoms with Gasteiger partial charge in [0, 0.05) is 5.92 Å². The molecular formula is C47H46O. The number of aliphatic hydroxyl groups excluding tert-OH is 1. The van der Waals surface area contributed by atoms with Crippen molar-refractivity contribution in [1.82, 2.24) is 0 Å². The van der Waals surface area contributed by atoms with E-state index in [1.807, 2.05) is 30.4 Å². The Balaban J connectivity index is 1.50. The summed E-state index contributed by atoms with van der Waals surface area (Å²) in [5.41, 5.74) is 12.1. The number of benzene rings is 5. The fourth-order valence-electron chi connectivity index (χ4n) is 6.19. The van der Waals surface area contributed by atoms with E-state index in [9.17, 15) is 5.11 Å². The fourth-order valence-corrected chi connectivity index (χ4v) is 6.19. The van der Waals surface area contributed by atoms with Crippen molar-refractivity contribution >= 4 is 11.1 Å². The van der Waals surface area contributed by atoms with E-state index in [0.29, 0.717) is 6.42 Å². The van der Waals surface area contributed by atoms with Crippen LogP contribution < -0.4 is 0 Å². The number of hydrogen-bond donors (Lipinski definition) is 1. The van der Waals surface area contributed by atoms with Crippen LogP contribution in [0.3, 0.4) is 0 Å². The normalized spacial score (nSPS) is 13.6. The highest BCUT2D eigenvalue weighted by Crippen LogP contribution is 2.35. The molecule has 0 aromatic heterocycles. The van der Waals surface area contributed by atoms with Gasteiger partial charge in [-0.05, 0) is 89.3 Å². The first-order valence-corrected chi connectivity index (χ1v) is 16.9. The predicted octanol–water partition coefficient (Wildman–Crippen LogP) is 12.0. The van der Waals surface area contributed by atoms with Crippen molar-refractivity contribution in [1.29, 1.82) is 0 Å². The van der Waals surface area contributed by atoms with E-state index in [-0.39, 0.29) is 5.92 Å². The lowest BCUT2D eigenvalue weighted by Gasteiger charge is -2.24. The SMILES string of the molecule is C=C/C=C\C=C/CC(O)C(c1ccccc1)c1cc(C)cc(-c2cccc(/C(=C/Cc3ccccc3)CC=C(C)c3ccccc3)c2)c1. The van der Waals surface area contributed by atoms with Crippen molar-refractivity contribution in [3.63, 3.8) is 0 Å². The monoisotopic (exact) mass is 626 g/mol. The van der Waals surface area contributed by atoms with Gasteiger partial charge in [0.15, 0.2) is 0 Å². The first kappa shape index (κ1) is 34.1. The third-order valence-corrected chi connectivity index (χ3v) is 8.73. The van der Waals surface area contributed by atoms with E-state index in [1.165, 1.54) is 39.0 Å². The maximum atomic E-state index is 11.6. The number of aliphatic hydroxyl groups is 1. The molecule has 5 rings (SSSR count). The van der Waals surface area contributed by atoms with Crippen molar-refractivity contribution in [2.24, 2.45) is 0 Å². The standard InChI is InChI=1S/C47H46O/c1-4-5-6-7-17-27-46(48)47(41-23-15-10-16-24-41)45-33-36(2)32-44(35-45)43-26-18-25-42(34-43)40(31-29-38-19-11-8-12-20-38)30-28-37(3)39-21-13-9-14-22-39/h4-26,28,31-35,46-48H,1,27,29-30H2,2-3H3/b6-5-,17-7-,37-28?,40-31+. The minimum atomic E-state index is -0.575. The number of allylic oxidation sites excluding steroid dienone is 8. The van der Waals surface area contributed by atoms with Gasteiger partial charge in [-0.1, -0.05) is 182 Å². The summed E-state index contributed by atoms with van der Waals surface area (Å²) in [5, 5.41) is 11.6. The van der Waals surface area contributed by atoms with Gasteiger partial charge in [0.05, 0.1) is 6.10 Å². The molecule has 1 N–H and O–H groups in total. The van der Waals surface area contributed by atoms with Crippen LogP contribution in [0.1, 0.15) is 59.1 Å². The topological polar surface area (TPSA) is 20.2 Å². The Morgan fingerprint density at radius 3 is 2.08 bits per heavy atom. The zero-order chi connectivity index (χ0) is 33.6. The molecule has 0 bridgehead atoms. The lowest BCUT2D eigenvalue weighted by molar-refractivity contribution is 0.159. The summed E-state index contributed by atoms with van der Waals surface area (Å²) in [7, 11) is 0. The van der Waals surface area contributed by atoms with Crippen molar-refractivity contribution < 1.29 is 5.11 Å². The molecule has 0 amide bonds. The van der Waals surface area contributed by atoms with Gasteiger partial charge in [-0.2, -0.15) is 0 Å². The molecule has 48 heavy (non-hydrogen) atoms. The van der Waals surface area contributed by atoms with Gasteiger partial charge in [0.25, 0.3) is 0 Å². The molecule has 0 radical (unpaired) electrons. The van der Waals surface area contributed by atoms with Gasteiger partial charge in [-0.15, -0.1) is 0 Å². The summed E-state index contributed by atoms with van der Waals surface area (Å²) in [6, 6.07) is 47.3. The van der Waals surface area contributed by atoms with E-state index in [4.69, 9.17) is 0 Å². The van der Waals surface area contributed by atoms with Crippen LogP contribution in [-0.2, 0) is 6.42 Å². The first-order chi connectivity index (χ1) is 23.5. The molecule has 0 aliphatic heterocycles. The molecule has 0 heterocycles. The molecule has 0 fully saturated rings.